The maximum absolute atomic E-state index is 12.3. The van der Waals surface area contributed by atoms with Crippen LogP contribution in [-0.4, -0.2) is 22.0 Å². The average molecular weight is 328 g/mol. The molecule has 1 aromatic carbocycles. The molecule has 2 amide bonds. The lowest BCUT2D eigenvalue weighted by Crippen LogP contribution is -2.24. The molecule has 24 heavy (non-hydrogen) atoms. The maximum Gasteiger partial charge on any atom is 0.328 e. The number of hydrogen-bond acceptors (Lipinski definition) is 5. The first kappa shape index (κ1) is 16.2. The Kier molecular flexibility index (Phi) is 4.88. The summed E-state index contributed by atoms with van der Waals surface area (Å²) in [7, 11) is 0. The molecule has 1 saturated carbocycles. The van der Waals surface area contributed by atoms with E-state index >= 15 is 0 Å². The van der Waals surface area contributed by atoms with Crippen molar-refractivity contribution in [2.45, 2.75) is 39.0 Å². The Morgan fingerprint density at radius 3 is 2.67 bits per heavy atom. The standard InChI is InChI=1S/C17H20N4O3/c1-11-18-17(24-21-11)20-16(23)13-8-5-9-14(10-13)19-15(22)12-6-3-2-4-7-12/h5,8-10,12H,2-4,6-7H2,1H3,(H,19,22)(H,18,20,21,23). The zero-order valence-electron chi connectivity index (χ0n) is 13.5. The highest BCUT2D eigenvalue weighted by molar-refractivity contribution is 6.04. The fraction of sp³-hybridized carbons (Fsp3) is 0.412. The number of hydrogen-bond donors (Lipinski definition) is 2. The second-order valence-electron chi connectivity index (χ2n) is 6.01. The fourth-order valence-corrected chi connectivity index (χ4v) is 2.86. The summed E-state index contributed by atoms with van der Waals surface area (Å²) in [5, 5.41) is 9.05. The van der Waals surface area contributed by atoms with Gasteiger partial charge in [-0.3, -0.25) is 14.9 Å². The molecule has 0 radical (unpaired) electrons. The summed E-state index contributed by atoms with van der Waals surface area (Å²) in [6.07, 6.45) is 5.27. The minimum absolute atomic E-state index is 0.0276. The summed E-state index contributed by atoms with van der Waals surface area (Å²) in [5.41, 5.74) is 1.02. The molecule has 1 heterocycles. The second kappa shape index (κ2) is 7.25. The van der Waals surface area contributed by atoms with Gasteiger partial charge in [-0.1, -0.05) is 30.5 Å². The third-order valence-corrected chi connectivity index (χ3v) is 4.12. The van der Waals surface area contributed by atoms with Gasteiger partial charge in [-0.25, -0.2) is 0 Å². The molecule has 2 N–H and O–H groups in total. The lowest BCUT2D eigenvalue weighted by molar-refractivity contribution is -0.120. The van der Waals surface area contributed by atoms with Crippen LogP contribution in [0.2, 0.25) is 0 Å². The van der Waals surface area contributed by atoms with E-state index < -0.39 is 0 Å². The summed E-state index contributed by atoms with van der Waals surface area (Å²) in [4.78, 5) is 28.4. The van der Waals surface area contributed by atoms with Gasteiger partial charge in [-0.2, -0.15) is 4.98 Å². The Labute approximate surface area is 139 Å². The van der Waals surface area contributed by atoms with E-state index in [1.54, 1.807) is 31.2 Å². The number of aryl methyl sites for hydroxylation is 1. The molecule has 3 rings (SSSR count). The van der Waals surface area contributed by atoms with Crippen molar-refractivity contribution in [1.29, 1.82) is 0 Å². The second-order valence-corrected chi connectivity index (χ2v) is 6.01. The molecule has 0 aliphatic heterocycles. The Morgan fingerprint density at radius 2 is 1.96 bits per heavy atom. The number of aromatic nitrogens is 2. The average Bonchev–Trinajstić information content (AvgIpc) is 3.00. The molecular weight excluding hydrogens is 308 g/mol. The zero-order chi connectivity index (χ0) is 16.9. The van der Waals surface area contributed by atoms with E-state index in [1.807, 2.05) is 0 Å². The van der Waals surface area contributed by atoms with E-state index in [0.29, 0.717) is 17.1 Å². The predicted octanol–water partition coefficient (Wildman–Crippen LogP) is 3.15. The number of carbonyl (C=O) groups is 2. The SMILES string of the molecule is Cc1noc(NC(=O)c2cccc(NC(=O)C3CCCCC3)c2)n1. The molecule has 1 aliphatic carbocycles. The summed E-state index contributed by atoms with van der Waals surface area (Å²) in [6.45, 7) is 1.67. The highest BCUT2D eigenvalue weighted by atomic mass is 16.5. The van der Waals surface area contributed by atoms with Gasteiger partial charge in [0.25, 0.3) is 5.91 Å². The molecule has 1 aromatic heterocycles. The van der Waals surface area contributed by atoms with Gasteiger partial charge in [0, 0.05) is 17.2 Å². The van der Waals surface area contributed by atoms with Crippen LogP contribution in [0.3, 0.4) is 0 Å². The molecule has 126 valence electrons. The van der Waals surface area contributed by atoms with Crippen molar-refractivity contribution in [3.05, 3.63) is 35.7 Å². The van der Waals surface area contributed by atoms with Gasteiger partial charge < -0.3 is 9.84 Å². The molecule has 0 saturated heterocycles. The molecule has 2 aromatic rings. The highest BCUT2D eigenvalue weighted by Crippen LogP contribution is 2.25. The number of nitrogens with zero attached hydrogens (tertiary/aromatic N) is 2. The first-order valence-electron chi connectivity index (χ1n) is 8.14. The van der Waals surface area contributed by atoms with Gasteiger partial charge in [0.1, 0.15) is 0 Å². The van der Waals surface area contributed by atoms with E-state index in [2.05, 4.69) is 20.8 Å². The first-order valence-corrected chi connectivity index (χ1v) is 8.14. The lowest BCUT2D eigenvalue weighted by atomic mass is 9.88. The molecule has 0 unspecified atom stereocenters. The minimum atomic E-state index is -0.368. The summed E-state index contributed by atoms with van der Waals surface area (Å²) in [5.74, 6) is 0.170. The van der Waals surface area contributed by atoms with Crippen molar-refractivity contribution in [2.24, 2.45) is 5.92 Å². The van der Waals surface area contributed by atoms with Crippen LogP contribution in [0.5, 0.6) is 0 Å². The number of rotatable bonds is 4. The van der Waals surface area contributed by atoms with Crippen LogP contribution in [0.25, 0.3) is 0 Å². The van der Waals surface area contributed by atoms with Crippen LogP contribution in [0.4, 0.5) is 11.7 Å². The molecule has 7 heteroatoms. The van der Waals surface area contributed by atoms with Crippen LogP contribution in [0.1, 0.15) is 48.3 Å². The normalized spacial score (nSPS) is 15.0. The fourth-order valence-electron chi connectivity index (χ4n) is 2.86. The van der Waals surface area contributed by atoms with E-state index in [1.165, 1.54) is 6.42 Å². The van der Waals surface area contributed by atoms with Crippen molar-refractivity contribution < 1.29 is 14.1 Å². The smallest absolute Gasteiger partial charge is 0.326 e. The summed E-state index contributed by atoms with van der Waals surface area (Å²) >= 11 is 0. The molecular formula is C17H20N4O3. The Bertz CT molecular complexity index is 735. The Hall–Kier alpha value is -2.70. The number of anilines is 2. The van der Waals surface area contributed by atoms with Gasteiger partial charge in [-0.05, 0) is 38.0 Å². The van der Waals surface area contributed by atoms with Crippen LogP contribution >= 0.6 is 0 Å². The van der Waals surface area contributed by atoms with Crippen molar-refractivity contribution in [3.63, 3.8) is 0 Å². The summed E-state index contributed by atoms with van der Waals surface area (Å²) in [6, 6.07) is 6.85. The molecule has 1 fully saturated rings. The number of amides is 2. The largest absolute Gasteiger partial charge is 0.328 e. The van der Waals surface area contributed by atoms with E-state index in [9.17, 15) is 9.59 Å². The molecule has 0 atom stereocenters. The van der Waals surface area contributed by atoms with Crippen LogP contribution < -0.4 is 10.6 Å². The molecule has 0 bridgehead atoms. The molecule has 7 nitrogen and oxygen atoms in total. The quantitative estimate of drug-likeness (QED) is 0.898. The van der Waals surface area contributed by atoms with Crippen molar-refractivity contribution in [1.82, 2.24) is 10.1 Å². The highest BCUT2D eigenvalue weighted by Gasteiger charge is 2.21. The third-order valence-electron chi connectivity index (χ3n) is 4.12. The van der Waals surface area contributed by atoms with E-state index in [0.717, 1.165) is 25.7 Å². The van der Waals surface area contributed by atoms with Gasteiger partial charge in [-0.15, -0.1) is 0 Å². The van der Waals surface area contributed by atoms with Crippen LogP contribution in [-0.2, 0) is 4.79 Å². The zero-order valence-corrected chi connectivity index (χ0v) is 13.5. The number of carbonyl (C=O) groups excluding carboxylic acids is 2. The minimum Gasteiger partial charge on any atom is -0.326 e. The Balaban J connectivity index is 1.64. The van der Waals surface area contributed by atoms with E-state index in [-0.39, 0.29) is 23.7 Å². The Morgan fingerprint density at radius 1 is 1.17 bits per heavy atom. The topological polar surface area (TPSA) is 97.1 Å². The monoisotopic (exact) mass is 328 g/mol. The lowest BCUT2D eigenvalue weighted by Gasteiger charge is -2.20. The van der Waals surface area contributed by atoms with Crippen molar-refractivity contribution in [3.8, 4) is 0 Å². The summed E-state index contributed by atoms with van der Waals surface area (Å²) < 4.78 is 4.87. The first-order chi connectivity index (χ1) is 11.6. The van der Waals surface area contributed by atoms with E-state index in [4.69, 9.17) is 4.52 Å². The van der Waals surface area contributed by atoms with Crippen LogP contribution in [0.15, 0.2) is 28.8 Å². The van der Waals surface area contributed by atoms with Gasteiger partial charge in [0.2, 0.25) is 5.91 Å². The number of benzene rings is 1. The van der Waals surface area contributed by atoms with Gasteiger partial charge in [0.05, 0.1) is 0 Å². The van der Waals surface area contributed by atoms with Crippen molar-refractivity contribution in [2.75, 3.05) is 10.6 Å². The number of nitrogens with one attached hydrogen (secondary N) is 2. The van der Waals surface area contributed by atoms with Crippen LogP contribution in [0, 0.1) is 12.8 Å². The van der Waals surface area contributed by atoms with Gasteiger partial charge >= 0.3 is 6.01 Å². The predicted molar refractivity (Wildman–Crippen MR) is 88.6 cm³/mol. The molecule has 1 aliphatic rings. The third kappa shape index (κ3) is 3.98. The van der Waals surface area contributed by atoms with Gasteiger partial charge in [0.15, 0.2) is 5.82 Å². The molecule has 0 spiro atoms. The maximum atomic E-state index is 12.3. The van der Waals surface area contributed by atoms with Crippen molar-refractivity contribution >= 4 is 23.5 Å².